The van der Waals surface area contributed by atoms with Crippen LogP contribution in [0.25, 0.3) is 0 Å². The Kier molecular flexibility index (Phi) is 5.35. The fourth-order valence-electron chi connectivity index (χ4n) is 2.36. The fraction of sp³-hybridized carbons (Fsp3) is 0.692. The smallest absolute Gasteiger partial charge is 0.237 e. The number of imidazole rings is 1. The molecule has 0 unspecified atom stereocenters. The molecule has 6 heteroatoms. The molecular weight excluding hydrogens is 244 g/mol. The zero-order chi connectivity index (χ0) is 13.5. The van der Waals surface area contributed by atoms with Crippen molar-refractivity contribution in [2.45, 2.75) is 25.8 Å². The Morgan fingerprint density at radius 2 is 2.37 bits per heavy atom. The molecule has 19 heavy (non-hydrogen) atoms. The van der Waals surface area contributed by atoms with E-state index in [-0.39, 0.29) is 11.9 Å². The Morgan fingerprint density at radius 1 is 1.58 bits per heavy atom. The van der Waals surface area contributed by atoms with Crippen LogP contribution in [-0.2, 0) is 16.0 Å². The van der Waals surface area contributed by atoms with E-state index in [1.165, 1.54) is 0 Å². The molecule has 106 valence electrons. The Morgan fingerprint density at radius 3 is 3.00 bits per heavy atom. The third kappa shape index (κ3) is 4.04. The largest absolute Gasteiger partial charge is 0.379 e. The minimum absolute atomic E-state index is 0.0412. The number of nitrogens with one attached hydrogen (secondary N) is 2. The quantitative estimate of drug-likeness (QED) is 0.770. The van der Waals surface area contributed by atoms with Gasteiger partial charge in [0.15, 0.2) is 0 Å². The van der Waals surface area contributed by atoms with E-state index in [0.717, 1.165) is 45.0 Å². The van der Waals surface area contributed by atoms with E-state index >= 15 is 0 Å². The summed E-state index contributed by atoms with van der Waals surface area (Å²) in [5, 5.41) is 2.99. The number of hydrogen-bond donors (Lipinski definition) is 2. The Balaban J connectivity index is 1.76. The molecule has 1 atom stereocenters. The van der Waals surface area contributed by atoms with Crippen LogP contribution >= 0.6 is 0 Å². The van der Waals surface area contributed by atoms with Crippen LogP contribution in [0.5, 0.6) is 0 Å². The summed E-state index contributed by atoms with van der Waals surface area (Å²) in [5.41, 5.74) is 0. The van der Waals surface area contributed by atoms with Crippen molar-refractivity contribution in [3.05, 3.63) is 18.2 Å². The van der Waals surface area contributed by atoms with Gasteiger partial charge in [0.25, 0.3) is 0 Å². The van der Waals surface area contributed by atoms with Crippen molar-refractivity contribution in [1.29, 1.82) is 0 Å². The van der Waals surface area contributed by atoms with Gasteiger partial charge in [-0.25, -0.2) is 4.98 Å². The lowest BCUT2D eigenvalue weighted by Crippen LogP contribution is -2.51. The molecule has 0 radical (unpaired) electrons. The van der Waals surface area contributed by atoms with Gasteiger partial charge in [0.1, 0.15) is 5.82 Å². The van der Waals surface area contributed by atoms with Crippen molar-refractivity contribution >= 4 is 5.91 Å². The van der Waals surface area contributed by atoms with Crippen LogP contribution in [0.1, 0.15) is 19.2 Å². The van der Waals surface area contributed by atoms with Crippen molar-refractivity contribution in [3.8, 4) is 0 Å². The standard InChI is InChI=1S/C13H22N4O2/c1-2-11(17-7-9-19-10-8-17)13(18)16-4-3-12-14-5-6-15-12/h5-6,11H,2-4,7-10H2,1H3,(H,14,15)(H,16,18)/t11-/m1/s1. The number of aromatic nitrogens is 2. The van der Waals surface area contributed by atoms with Gasteiger partial charge < -0.3 is 15.0 Å². The highest BCUT2D eigenvalue weighted by molar-refractivity contribution is 5.81. The number of ether oxygens (including phenoxy) is 1. The SMILES string of the molecule is CC[C@H](C(=O)NCCc1ncc[nH]1)N1CCOCC1. The number of amides is 1. The lowest BCUT2D eigenvalue weighted by Gasteiger charge is -2.32. The summed E-state index contributed by atoms with van der Waals surface area (Å²) < 4.78 is 5.32. The van der Waals surface area contributed by atoms with Gasteiger partial charge in [-0.05, 0) is 6.42 Å². The molecular formula is C13H22N4O2. The van der Waals surface area contributed by atoms with Gasteiger partial charge in [0.2, 0.25) is 5.91 Å². The molecule has 1 saturated heterocycles. The van der Waals surface area contributed by atoms with Crippen molar-refractivity contribution < 1.29 is 9.53 Å². The number of carbonyl (C=O) groups excluding carboxylic acids is 1. The molecule has 0 aromatic carbocycles. The van der Waals surface area contributed by atoms with Gasteiger partial charge in [0, 0.05) is 38.4 Å². The van der Waals surface area contributed by atoms with Gasteiger partial charge in [-0.1, -0.05) is 6.92 Å². The molecule has 1 aromatic heterocycles. The van der Waals surface area contributed by atoms with Crippen molar-refractivity contribution in [2.24, 2.45) is 0 Å². The molecule has 1 aliphatic rings. The fourth-order valence-corrected chi connectivity index (χ4v) is 2.36. The van der Waals surface area contributed by atoms with E-state index in [9.17, 15) is 4.79 Å². The molecule has 1 fully saturated rings. The van der Waals surface area contributed by atoms with E-state index < -0.39 is 0 Å². The second-order valence-electron chi connectivity index (χ2n) is 4.65. The normalized spacial score (nSPS) is 18.2. The van der Waals surface area contributed by atoms with E-state index in [4.69, 9.17) is 4.74 Å². The van der Waals surface area contributed by atoms with Crippen LogP contribution in [0.2, 0.25) is 0 Å². The number of hydrogen-bond acceptors (Lipinski definition) is 4. The average Bonchev–Trinajstić information content (AvgIpc) is 2.94. The van der Waals surface area contributed by atoms with E-state index in [2.05, 4.69) is 20.2 Å². The summed E-state index contributed by atoms with van der Waals surface area (Å²) in [4.78, 5) is 21.5. The summed E-state index contributed by atoms with van der Waals surface area (Å²) in [5.74, 6) is 1.01. The first-order chi connectivity index (χ1) is 9.31. The number of aromatic amines is 1. The number of morpholine rings is 1. The van der Waals surface area contributed by atoms with Crippen molar-refractivity contribution in [1.82, 2.24) is 20.2 Å². The van der Waals surface area contributed by atoms with Crippen molar-refractivity contribution in [2.75, 3.05) is 32.8 Å². The van der Waals surface area contributed by atoms with Crippen LogP contribution in [0.15, 0.2) is 12.4 Å². The summed E-state index contributed by atoms with van der Waals surface area (Å²) in [6, 6.07) is -0.0412. The maximum absolute atomic E-state index is 12.2. The average molecular weight is 266 g/mol. The van der Waals surface area contributed by atoms with Gasteiger partial charge in [-0.15, -0.1) is 0 Å². The highest BCUT2D eigenvalue weighted by Gasteiger charge is 2.25. The van der Waals surface area contributed by atoms with Crippen LogP contribution in [0.3, 0.4) is 0 Å². The summed E-state index contributed by atoms with van der Waals surface area (Å²) in [6.45, 7) is 5.78. The molecule has 2 N–H and O–H groups in total. The zero-order valence-electron chi connectivity index (χ0n) is 11.4. The predicted octanol–water partition coefficient (Wildman–Crippen LogP) is 0.179. The van der Waals surface area contributed by atoms with Gasteiger partial charge in [0.05, 0.1) is 19.3 Å². The molecule has 1 aliphatic heterocycles. The molecule has 0 aliphatic carbocycles. The first-order valence-electron chi connectivity index (χ1n) is 6.89. The Hall–Kier alpha value is -1.40. The number of carbonyl (C=O) groups is 1. The van der Waals surface area contributed by atoms with Crippen LogP contribution in [0, 0.1) is 0 Å². The van der Waals surface area contributed by atoms with Crippen LogP contribution in [0.4, 0.5) is 0 Å². The molecule has 2 heterocycles. The first-order valence-corrected chi connectivity index (χ1v) is 6.89. The van der Waals surface area contributed by atoms with Gasteiger partial charge in [-0.3, -0.25) is 9.69 Å². The molecule has 1 aromatic rings. The second kappa shape index (κ2) is 7.25. The topological polar surface area (TPSA) is 70.2 Å². The summed E-state index contributed by atoms with van der Waals surface area (Å²) >= 11 is 0. The maximum Gasteiger partial charge on any atom is 0.237 e. The Bertz CT molecular complexity index is 374. The molecule has 0 bridgehead atoms. The number of H-pyrrole nitrogens is 1. The minimum atomic E-state index is -0.0412. The highest BCUT2D eigenvalue weighted by atomic mass is 16.5. The monoisotopic (exact) mass is 266 g/mol. The lowest BCUT2D eigenvalue weighted by molar-refractivity contribution is -0.128. The third-order valence-corrected chi connectivity index (χ3v) is 3.39. The summed E-state index contributed by atoms with van der Waals surface area (Å²) in [6.07, 6.45) is 5.07. The number of nitrogens with zero attached hydrogens (tertiary/aromatic N) is 2. The van der Waals surface area contributed by atoms with Gasteiger partial charge >= 0.3 is 0 Å². The maximum atomic E-state index is 12.2. The molecule has 1 amide bonds. The predicted molar refractivity (Wildman–Crippen MR) is 71.8 cm³/mol. The van der Waals surface area contributed by atoms with Crippen molar-refractivity contribution in [3.63, 3.8) is 0 Å². The van der Waals surface area contributed by atoms with E-state index in [1.807, 2.05) is 6.92 Å². The molecule has 0 saturated carbocycles. The van der Waals surface area contributed by atoms with Crippen LogP contribution < -0.4 is 5.32 Å². The highest BCUT2D eigenvalue weighted by Crippen LogP contribution is 2.07. The Labute approximate surface area is 113 Å². The first kappa shape index (κ1) is 14.0. The van der Waals surface area contributed by atoms with E-state index in [0.29, 0.717) is 6.54 Å². The molecule has 6 nitrogen and oxygen atoms in total. The van der Waals surface area contributed by atoms with E-state index in [1.54, 1.807) is 12.4 Å². The minimum Gasteiger partial charge on any atom is -0.379 e. The number of rotatable bonds is 6. The molecule has 2 rings (SSSR count). The van der Waals surface area contributed by atoms with Crippen LogP contribution in [-0.4, -0.2) is 59.7 Å². The van der Waals surface area contributed by atoms with Gasteiger partial charge in [-0.2, -0.15) is 0 Å². The summed E-state index contributed by atoms with van der Waals surface area (Å²) in [7, 11) is 0. The third-order valence-electron chi connectivity index (χ3n) is 3.39. The zero-order valence-corrected chi connectivity index (χ0v) is 11.4. The second-order valence-corrected chi connectivity index (χ2v) is 4.65. The lowest BCUT2D eigenvalue weighted by atomic mass is 10.1. The molecule has 0 spiro atoms.